The molecule has 0 atom stereocenters. The van der Waals surface area contributed by atoms with Crippen LogP contribution in [0.5, 0.6) is 0 Å². The van der Waals surface area contributed by atoms with Crippen molar-refractivity contribution in [1.29, 1.82) is 0 Å². The average Bonchev–Trinajstić information content (AvgIpc) is 3.02. The Morgan fingerprint density at radius 3 is 2.81 bits per heavy atom. The Labute approximate surface area is 133 Å². The first-order chi connectivity index (χ1) is 9.97. The van der Waals surface area contributed by atoms with Gasteiger partial charge < -0.3 is 4.57 Å². The van der Waals surface area contributed by atoms with Crippen LogP contribution in [0.15, 0.2) is 16.3 Å². The zero-order valence-corrected chi connectivity index (χ0v) is 14.0. The second kappa shape index (κ2) is 5.72. The van der Waals surface area contributed by atoms with E-state index in [1.165, 1.54) is 18.2 Å². The molecule has 21 heavy (non-hydrogen) atoms. The Kier molecular flexibility index (Phi) is 4.09. The van der Waals surface area contributed by atoms with E-state index < -0.39 is 10.0 Å². The zero-order chi connectivity index (χ0) is 15.0. The second-order valence-corrected chi connectivity index (χ2v) is 8.78. The summed E-state index contributed by atoms with van der Waals surface area (Å²) in [5.41, 5.74) is 2.34. The SMILES string of the molecule is Cn1c(CNS(=O)(=O)c2ccc(Cl)s2)nc2c1CCCC2. The number of nitrogens with one attached hydrogen (secondary N) is 1. The minimum atomic E-state index is -3.53. The van der Waals surface area contributed by atoms with Gasteiger partial charge in [-0.05, 0) is 37.8 Å². The first-order valence-corrected chi connectivity index (χ1v) is 9.43. The van der Waals surface area contributed by atoms with Crippen molar-refractivity contribution in [1.82, 2.24) is 14.3 Å². The van der Waals surface area contributed by atoms with Crippen molar-refractivity contribution in [3.63, 3.8) is 0 Å². The number of imidazole rings is 1. The van der Waals surface area contributed by atoms with Gasteiger partial charge in [-0.3, -0.25) is 0 Å². The molecule has 0 saturated heterocycles. The van der Waals surface area contributed by atoms with Gasteiger partial charge >= 0.3 is 0 Å². The predicted molar refractivity (Wildman–Crippen MR) is 83.2 cm³/mol. The second-order valence-electron chi connectivity index (χ2n) is 5.07. The molecule has 0 bridgehead atoms. The van der Waals surface area contributed by atoms with E-state index in [2.05, 4.69) is 9.71 Å². The summed E-state index contributed by atoms with van der Waals surface area (Å²) < 4.78 is 29.7. The van der Waals surface area contributed by atoms with Gasteiger partial charge in [0.15, 0.2) is 0 Å². The summed E-state index contributed by atoms with van der Waals surface area (Å²) in [6, 6.07) is 3.10. The highest BCUT2D eigenvalue weighted by Crippen LogP contribution is 2.26. The molecule has 2 aromatic heterocycles. The maximum atomic E-state index is 12.2. The molecule has 0 saturated carbocycles. The van der Waals surface area contributed by atoms with Crippen molar-refractivity contribution < 1.29 is 8.42 Å². The van der Waals surface area contributed by atoms with Crippen LogP contribution in [0.25, 0.3) is 0 Å². The molecular formula is C13H16ClN3O2S2. The molecule has 114 valence electrons. The summed E-state index contributed by atoms with van der Waals surface area (Å²) in [6.07, 6.45) is 4.33. The Morgan fingerprint density at radius 2 is 2.14 bits per heavy atom. The van der Waals surface area contributed by atoms with Gasteiger partial charge in [-0.2, -0.15) is 0 Å². The molecule has 1 aliphatic carbocycles. The van der Waals surface area contributed by atoms with Gasteiger partial charge in [0.25, 0.3) is 10.0 Å². The number of nitrogens with zero attached hydrogens (tertiary/aromatic N) is 2. The van der Waals surface area contributed by atoms with E-state index in [0.717, 1.165) is 42.1 Å². The van der Waals surface area contributed by atoms with Gasteiger partial charge in [-0.25, -0.2) is 18.1 Å². The fraction of sp³-hybridized carbons (Fsp3) is 0.462. The minimum Gasteiger partial charge on any atom is -0.334 e. The van der Waals surface area contributed by atoms with Crippen molar-refractivity contribution >= 4 is 33.0 Å². The number of fused-ring (bicyclic) bond motifs is 1. The van der Waals surface area contributed by atoms with Crippen LogP contribution in [-0.4, -0.2) is 18.0 Å². The minimum absolute atomic E-state index is 0.196. The molecule has 8 heteroatoms. The van der Waals surface area contributed by atoms with E-state index in [4.69, 9.17) is 11.6 Å². The first-order valence-electron chi connectivity index (χ1n) is 6.76. The third-order valence-corrected chi connectivity index (χ3v) is 6.82. The third kappa shape index (κ3) is 3.01. The van der Waals surface area contributed by atoms with Crippen molar-refractivity contribution in [3.8, 4) is 0 Å². The van der Waals surface area contributed by atoms with Crippen LogP contribution in [0, 0.1) is 0 Å². The molecule has 1 aliphatic rings. The molecule has 3 rings (SSSR count). The van der Waals surface area contributed by atoms with Gasteiger partial charge in [0.05, 0.1) is 16.6 Å². The summed E-state index contributed by atoms with van der Waals surface area (Å²) in [7, 11) is -1.58. The Hall–Kier alpha value is -0.890. The van der Waals surface area contributed by atoms with Gasteiger partial charge in [0.1, 0.15) is 10.0 Å². The van der Waals surface area contributed by atoms with Crippen LogP contribution in [0.3, 0.4) is 0 Å². The molecule has 2 heterocycles. The monoisotopic (exact) mass is 345 g/mol. The van der Waals surface area contributed by atoms with Gasteiger partial charge in [0.2, 0.25) is 0 Å². The third-order valence-electron chi connectivity index (χ3n) is 3.70. The lowest BCUT2D eigenvalue weighted by Crippen LogP contribution is -2.24. The summed E-state index contributed by atoms with van der Waals surface area (Å²) in [5.74, 6) is 0.758. The maximum Gasteiger partial charge on any atom is 0.250 e. The molecule has 0 amide bonds. The van der Waals surface area contributed by atoms with Crippen LogP contribution < -0.4 is 4.72 Å². The lowest BCUT2D eigenvalue weighted by atomic mass is 10.0. The molecular weight excluding hydrogens is 330 g/mol. The molecule has 0 radical (unpaired) electrons. The number of sulfonamides is 1. The van der Waals surface area contributed by atoms with Crippen LogP contribution in [0.4, 0.5) is 0 Å². The van der Waals surface area contributed by atoms with Crippen LogP contribution in [0.1, 0.15) is 30.1 Å². The fourth-order valence-electron chi connectivity index (χ4n) is 2.57. The highest BCUT2D eigenvalue weighted by molar-refractivity contribution is 7.91. The fourth-order valence-corrected chi connectivity index (χ4v) is 5.08. The average molecular weight is 346 g/mol. The predicted octanol–water partition coefficient (Wildman–Crippen LogP) is 2.49. The van der Waals surface area contributed by atoms with Crippen LogP contribution >= 0.6 is 22.9 Å². The van der Waals surface area contributed by atoms with Gasteiger partial charge in [-0.15, -0.1) is 11.3 Å². The number of aryl methyl sites for hydroxylation is 1. The topological polar surface area (TPSA) is 64.0 Å². The molecule has 5 nitrogen and oxygen atoms in total. The Balaban J connectivity index is 1.77. The normalized spacial score (nSPS) is 15.1. The van der Waals surface area contributed by atoms with E-state index in [-0.39, 0.29) is 10.8 Å². The van der Waals surface area contributed by atoms with E-state index in [0.29, 0.717) is 4.34 Å². The molecule has 0 aliphatic heterocycles. The number of aromatic nitrogens is 2. The molecule has 0 aromatic carbocycles. The van der Waals surface area contributed by atoms with Crippen molar-refractivity contribution in [3.05, 3.63) is 33.7 Å². The number of halogens is 1. The maximum absolute atomic E-state index is 12.2. The summed E-state index contributed by atoms with van der Waals surface area (Å²) in [6.45, 7) is 0.196. The smallest absolute Gasteiger partial charge is 0.250 e. The summed E-state index contributed by atoms with van der Waals surface area (Å²) >= 11 is 6.84. The van der Waals surface area contributed by atoms with Crippen molar-refractivity contribution in [2.24, 2.45) is 7.05 Å². The van der Waals surface area contributed by atoms with Crippen LogP contribution in [-0.2, 0) is 36.5 Å². The number of thiophene rings is 1. The van der Waals surface area contributed by atoms with E-state index >= 15 is 0 Å². The highest BCUT2D eigenvalue weighted by Gasteiger charge is 2.21. The van der Waals surface area contributed by atoms with E-state index in [1.54, 1.807) is 6.07 Å². The molecule has 1 N–H and O–H groups in total. The zero-order valence-electron chi connectivity index (χ0n) is 11.6. The molecule has 0 fully saturated rings. The van der Waals surface area contributed by atoms with Crippen molar-refractivity contribution in [2.75, 3.05) is 0 Å². The molecule has 2 aromatic rings. The largest absolute Gasteiger partial charge is 0.334 e. The number of rotatable bonds is 4. The Bertz CT molecular complexity index is 764. The van der Waals surface area contributed by atoms with E-state index in [9.17, 15) is 8.42 Å². The lowest BCUT2D eigenvalue weighted by molar-refractivity contribution is 0.578. The lowest BCUT2D eigenvalue weighted by Gasteiger charge is -2.11. The van der Waals surface area contributed by atoms with Crippen molar-refractivity contribution in [2.45, 2.75) is 36.4 Å². The first kappa shape index (κ1) is 15.0. The number of hydrogen-bond donors (Lipinski definition) is 1. The number of hydrogen-bond acceptors (Lipinski definition) is 4. The Morgan fingerprint density at radius 1 is 1.38 bits per heavy atom. The van der Waals surface area contributed by atoms with Gasteiger partial charge in [0, 0.05) is 12.7 Å². The van der Waals surface area contributed by atoms with Gasteiger partial charge in [-0.1, -0.05) is 11.6 Å². The molecule has 0 spiro atoms. The summed E-state index contributed by atoms with van der Waals surface area (Å²) in [5, 5.41) is 0. The van der Waals surface area contributed by atoms with Crippen LogP contribution in [0.2, 0.25) is 4.34 Å². The highest BCUT2D eigenvalue weighted by atomic mass is 35.5. The summed E-state index contributed by atoms with van der Waals surface area (Å²) in [4.78, 5) is 4.57. The standard InChI is InChI=1S/C13H16ClN3O2S2/c1-17-10-5-3-2-4-9(10)16-12(17)8-15-21(18,19)13-7-6-11(14)20-13/h6-7,15H,2-5,8H2,1H3. The van der Waals surface area contributed by atoms with E-state index in [1.807, 2.05) is 11.6 Å². The quantitative estimate of drug-likeness (QED) is 0.926. The molecule has 0 unspecified atom stereocenters.